The molecule has 0 radical (unpaired) electrons. The lowest BCUT2D eigenvalue weighted by Crippen LogP contribution is -2.40. The minimum atomic E-state index is 0.00775. The Balaban J connectivity index is 2.03. The normalized spacial score (nSPS) is 21.8. The lowest BCUT2D eigenvalue weighted by atomic mass is 9.86. The number of carbonyl (C=O) groups excluding carboxylic acids is 1. The lowest BCUT2D eigenvalue weighted by molar-refractivity contribution is -0.117. The summed E-state index contributed by atoms with van der Waals surface area (Å²) in [7, 11) is 1.67. The van der Waals surface area contributed by atoms with Gasteiger partial charge in [-0.2, -0.15) is 0 Å². The fraction of sp³-hybridized carbons (Fsp3) is 0.526. The first-order valence-corrected chi connectivity index (χ1v) is 8.15. The van der Waals surface area contributed by atoms with Crippen molar-refractivity contribution in [1.29, 1.82) is 0 Å². The SMILES string of the molecule is COc1cc(C)c(/C=C/C(=O)NC2CCCCC2C)c(C)c1. The topological polar surface area (TPSA) is 38.3 Å². The van der Waals surface area contributed by atoms with Crippen LogP contribution in [-0.4, -0.2) is 19.1 Å². The zero-order chi connectivity index (χ0) is 16.1. The van der Waals surface area contributed by atoms with Gasteiger partial charge in [0, 0.05) is 12.1 Å². The van der Waals surface area contributed by atoms with Gasteiger partial charge >= 0.3 is 0 Å². The lowest BCUT2D eigenvalue weighted by Gasteiger charge is -2.29. The fourth-order valence-electron chi connectivity index (χ4n) is 3.24. The third kappa shape index (κ3) is 4.12. The van der Waals surface area contributed by atoms with Crippen molar-refractivity contribution >= 4 is 12.0 Å². The van der Waals surface area contributed by atoms with E-state index in [1.807, 2.05) is 32.1 Å². The molecular weight excluding hydrogens is 274 g/mol. The average Bonchev–Trinajstić information content (AvgIpc) is 2.48. The Morgan fingerprint density at radius 1 is 1.23 bits per heavy atom. The van der Waals surface area contributed by atoms with Crippen LogP contribution in [0.2, 0.25) is 0 Å². The van der Waals surface area contributed by atoms with Gasteiger partial charge in [-0.1, -0.05) is 19.8 Å². The molecule has 22 heavy (non-hydrogen) atoms. The van der Waals surface area contributed by atoms with Crippen LogP contribution < -0.4 is 10.1 Å². The van der Waals surface area contributed by atoms with E-state index >= 15 is 0 Å². The number of nitrogens with one attached hydrogen (secondary N) is 1. The second kappa shape index (κ2) is 7.48. The highest BCUT2D eigenvalue weighted by molar-refractivity contribution is 5.92. The van der Waals surface area contributed by atoms with Gasteiger partial charge in [-0.3, -0.25) is 4.79 Å². The Morgan fingerprint density at radius 3 is 2.45 bits per heavy atom. The molecule has 3 heteroatoms. The van der Waals surface area contributed by atoms with Crippen molar-refractivity contribution < 1.29 is 9.53 Å². The van der Waals surface area contributed by atoms with Gasteiger partial charge in [-0.05, 0) is 67.5 Å². The first-order chi connectivity index (χ1) is 10.5. The van der Waals surface area contributed by atoms with Crippen LogP contribution in [0, 0.1) is 19.8 Å². The highest BCUT2D eigenvalue weighted by Crippen LogP contribution is 2.24. The Hall–Kier alpha value is -1.77. The summed E-state index contributed by atoms with van der Waals surface area (Å²) in [4.78, 5) is 12.2. The number of hydrogen-bond donors (Lipinski definition) is 1. The van der Waals surface area contributed by atoms with Crippen LogP contribution in [-0.2, 0) is 4.79 Å². The summed E-state index contributed by atoms with van der Waals surface area (Å²) in [5, 5.41) is 3.15. The molecule has 2 atom stereocenters. The molecule has 0 aliphatic heterocycles. The number of amides is 1. The summed E-state index contributed by atoms with van der Waals surface area (Å²) in [6.45, 7) is 6.30. The molecule has 0 aromatic heterocycles. The van der Waals surface area contributed by atoms with E-state index in [-0.39, 0.29) is 5.91 Å². The van der Waals surface area contributed by atoms with Crippen LogP contribution in [0.15, 0.2) is 18.2 Å². The third-order valence-electron chi connectivity index (χ3n) is 4.64. The molecule has 2 rings (SSSR count). The van der Waals surface area contributed by atoms with Crippen molar-refractivity contribution in [3.8, 4) is 5.75 Å². The second-order valence-electron chi connectivity index (χ2n) is 6.39. The molecule has 1 N–H and O–H groups in total. The molecule has 1 aromatic rings. The zero-order valence-corrected chi connectivity index (χ0v) is 14.1. The van der Waals surface area contributed by atoms with Crippen LogP contribution >= 0.6 is 0 Å². The van der Waals surface area contributed by atoms with Gasteiger partial charge in [-0.15, -0.1) is 0 Å². The Labute approximate surface area is 133 Å². The number of rotatable bonds is 4. The number of carbonyl (C=O) groups is 1. The molecule has 120 valence electrons. The van der Waals surface area contributed by atoms with Gasteiger partial charge in [0.05, 0.1) is 7.11 Å². The number of benzene rings is 1. The quantitative estimate of drug-likeness (QED) is 0.853. The molecular formula is C19H27NO2. The van der Waals surface area contributed by atoms with Gasteiger partial charge < -0.3 is 10.1 Å². The minimum Gasteiger partial charge on any atom is -0.497 e. The maximum Gasteiger partial charge on any atom is 0.244 e. The molecule has 1 fully saturated rings. The van der Waals surface area contributed by atoms with Gasteiger partial charge in [0.15, 0.2) is 0 Å². The third-order valence-corrected chi connectivity index (χ3v) is 4.64. The molecule has 3 nitrogen and oxygen atoms in total. The first kappa shape index (κ1) is 16.6. The predicted octanol–water partition coefficient (Wildman–Crippen LogP) is 4.02. The number of ether oxygens (including phenoxy) is 1. The maximum atomic E-state index is 12.2. The van der Waals surface area contributed by atoms with Crippen LogP contribution in [0.3, 0.4) is 0 Å². The van der Waals surface area contributed by atoms with Crippen molar-refractivity contribution in [2.75, 3.05) is 7.11 Å². The summed E-state index contributed by atoms with van der Waals surface area (Å²) >= 11 is 0. The summed E-state index contributed by atoms with van der Waals surface area (Å²) in [6, 6.07) is 4.31. The molecule has 0 heterocycles. The molecule has 1 aromatic carbocycles. The Kier molecular flexibility index (Phi) is 5.64. The summed E-state index contributed by atoms with van der Waals surface area (Å²) in [6.07, 6.45) is 8.38. The second-order valence-corrected chi connectivity index (χ2v) is 6.39. The van der Waals surface area contributed by atoms with Crippen molar-refractivity contribution in [3.63, 3.8) is 0 Å². The fourth-order valence-corrected chi connectivity index (χ4v) is 3.24. The van der Waals surface area contributed by atoms with E-state index in [9.17, 15) is 4.79 Å². The number of methoxy groups -OCH3 is 1. The largest absolute Gasteiger partial charge is 0.497 e. The summed E-state index contributed by atoms with van der Waals surface area (Å²) in [5.41, 5.74) is 3.33. The zero-order valence-electron chi connectivity index (χ0n) is 14.1. The molecule has 0 bridgehead atoms. The molecule has 1 saturated carbocycles. The van der Waals surface area contributed by atoms with Crippen LogP contribution in [0.5, 0.6) is 5.75 Å². The summed E-state index contributed by atoms with van der Waals surface area (Å²) < 4.78 is 5.27. The van der Waals surface area contributed by atoms with E-state index in [4.69, 9.17) is 4.74 Å². The molecule has 1 aliphatic carbocycles. The van der Waals surface area contributed by atoms with Gasteiger partial charge in [0.1, 0.15) is 5.75 Å². The van der Waals surface area contributed by atoms with E-state index in [1.54, 1.807) is 13.2 Å². The monoisotopic (exact) mass is 301 g/mol. The van der Waals surface area contributed by atoms with Gasteiger partial charge in [0.2, 0.25) is 5.91 Å². The van der Waals surface area contributed by atoms with Crippen molar-refractivity contribution in [1.82, 2.24) is 5.32 Å². The molecule has 1 amide bonds. The van der Waals surface area contributed by atoms with Gasteiger partial charge in [-0.25, -0.2) is 0 Å². The predicted molar refractivity (Wildman–Crippen MR) is 91.1 cm³/mol. The van der Waals surface area contributed by atoms with Crippen LogP contribution in [0.1, 0.15) is 49.3 Å². The Bertz CT molecular complexity index is 540. The summed E-state index contributed by atoms with van der Waals surface area (Å²) in [5.74, 6) is 1.44. The van der Waals surface area contributed by atoms with E-state index in [0.717, 1.165) is 28.9 Å². The van der Waals surface area contributed by atoms with Crippen molar-refractivity contribution in [2.45, 2.75) is 52.5 Å². The molecule has 1 aliphatic rings. The average molecular weight is 301 g/mol. The smallest absolute Gasteiger partial charge is 0.244 e. The minimum absolute atomic E-state index is 0.00775. The van der Waals surface area contributed by atoms with Crippen molar-refractivity contribution in [3.05, 3.63) is 34.9 Å². The molecule has 0 saturated heterocycles. The molecule has 0 spiro atoms. The highest BCUT2D eigenvalue weighted by atomic mass is 16.5. The van der Waals surface area contributed by atoms with Crippen molar-refractivity contribution in [2.24, 2.45) is 5.92 Å². The molecule has 2 unspecified atom stereocenters. The van der Waals surface area contributed by atoms with Gasteiger partial charge in [0.25, 0.3) is 0 Å². The van der Waals surface area contributed by atoms with E-state index in [1.165, 1.54) is 19.3 Å². The van der Waals surface area contributed by atoms with E-state index in [2.05, 4.69) is 12.2 Å². The highest BCUT2D eigenvalue weighted by Gasteiger charge is 2.21. The number of aryl methyl sites for hydroxylation is 2. The van der Waals surface area contributed by atoms with Crippen LogP contribution in [0.25, 0.3) is 6.08 Å². The van der Waals surface area contributed by atoms with E-state index < -0.39 is 0 Å². The Morgan fingerprint density at radius 2 is 1.86 bits per heavy atom. The number of hydrogen-bond acceptors (Lipinski definition) is 2. The standard InChI is InChI=1S/C19H27NO2/c1-13-7-5-6-8-18(13)20-19(21)10-9-17-14(2)11-16(22-4)12-15(17)3/h9-13,18H,5-8H2,1-4H3,(H,20,21)/b10-9+. The van der Waals surface area contributed by atoms with Crippen LogP contribution in [0.4, 0.5) is 0 Å². The maximum absolute atomic E-state index is 12.2. The van der Waals surface area contributed by atoms with E-state index in [0.29, 0.717) is 12.0 Å². The first-order valence-electron chi connectivity index (χ1n) is 8.15.